The van der Waals surface area contributed by atoms with Crippen molar-refractivity contribution in [3.63, 3.8) is 0 Å². The zero-order chi connectivity index (χ0) is 22.2. The Morgan fingerprint density at radius 2 is 2.00 bits per heavy atom. The molecule has 7 heteroatoms. The minimum absolute atomic E-state index is 0.172. The van der Waals surface area contributed by atoms with E-state index in [9.17, 15) is 4.79 Å². The Labute approximate surface area is 185 Å². The van der Waals surface area contributed by atoms with Crippen LogP contribution in [0.2, 0.25) is 0 Å². The second-order valence-electron chi connectivity index (χ2n) is 8.49. The number of carbonyl (C=O) groups excluding carboxylic acids is 1. The number of hydrogen-bond acceptors (Lipinski definition) is 3. The number of hydrogen-bond donors (Lipinski definition) is 3. The highest BCUT2D eigenvalue weighted by atomic mass is 16.2. The van der Waals surface area contributed by atoms with Gasteiger partial charge in [-0.3, -0.25) is 14.6 Å². The maximum absolute atomic E-state index is 13.3. The number of anilines is 1. The SMILES string of the molecule is CCn1nc(CC(C)C)cc1C(=O)Nc1cc(-c2cccc3[nH]ccc23)cc2[nH]ncc12. The number of rotatable bonds is 6. The zero-order valence-corrected chi connectivity index (χ0v) is 18.4. The second-order valence-corrected chi connectivity index (χ2v) is 8.49. The smallest absolute Gasteiger partial charge is 0.273 e. The van der Waals surface area contributed by atoms with Crippen LogP contribution >= 0.6 is 0 Å². The fourth-order valence-electron chi connectivity index (χ4n) is 4.25. The van der Waals surface area contributed by atoms with Gasteiger partial charge in [-0.05, 0) is 60.7 Å². The third kappa shape index (κ3) is 3.56. The normalized spacial score (nSPS) is 11.6. The summed E-state index contributed by atoms with van der Waals surface area (Å²) in [4.78, 5) is 16.5. The van der Waals surface area contributed by atoms with Gasteiger partial charge in [0, 0.05) is 29.0 Å². The van der Waals surface area contributed by atoms with E-state index in [1.54, 1.807) is 10.9 Å². The van der Waals surface area contributed by atoms with Gasteiger partial charge in [0.15, 0.2) is 0 Å². The first-order valence-electron chi connectivity index (χ1n) is 10.9. The Morgan fingerprint density at radius 3 is 2.81 bits per heavy atom. The molecule has 162 valence electrons. The van der Waals surface area contributed by atoms with Crippen LogP contribution in [-0.2, 0) is 13.0 Å². The van der Waals surface area contributed by atoms with E-state index in [-0.39, 0.29) is 5.91 Å². The van der Waals surface area contributed by atoms with Crippen molar-refractivity contribution in [3.05, 3.63) is 66.2 Å². The molecule has 0 atom stereocenters. The van der Waals surface area contributed by atoms with Crippen molar-refractivity contribution in [3.8, 4) is 11.1 Å². The minimum atomic E-state index is -0.172. The van der Waals surface area contributed by atoms with Gasteiger partial charge in [-0.15, -0.1) is 0 Å². The molecule has 0 spiro atoms. The van der Waals surface area contributed by atoms with Gasteiger partial charge in [-0.1, -0.05) is 26.0 Å². The Balaban J connectivity index is 1.55. The molecule has 0 fully saturated rings. The van der Waals surface area contributed by atoms with Crippen LogP contribution in [0.4, 0.5) is 5.69 Å². The zero-order valence-electron chi connectivity index (χ0n) is 18.4. The molecule has 0 aliphatic rings. The molecular formula is C25H26N6O. The summed E-state index contributed by atoms with van der Waals surface area (Å²) in [6.07, 6.45) is 4.52. The fourth-order valence-corrected chi connectivity index (χ4v) is 4.25. The molecule has 0 saturated carbocycles. The Morgan fingerprint density at radius 1 is 1.12 bits per heavy atom. The quantitative estimate of drug-likeness (QED) is 0.340. The van der Waals surface area contributed by atoms with E-state index >= 15 is 0 Å². The average molecular weight is 427 g/mol. The molecule has 32 heavy (non-hydrogen) atoms. The first-order chi connectivity index (χ1) is 15.5. The largest absolute Gasteiger partial charge is 0.361 e. The highest BCUT2D eigenvalue weighted by Gasteiger charge is 2.18. The number of benzene rings is 2. The maximum Gasteiger partial charge on any atom is 0.273 e. The van der Waals surface area contributed by atoms with Crippen LogP contribution < -0.4 is 5.32 Å². The number of aryl methyl sites for hydroxylation is 1. The van der Waals surface area contributed by atoms with E-state index < -0.39 is 0 Å². The van der Waals surface area contributed by atoms with Crippen LogP contribution in [0.1, 0.15) is 37.0 Å². The highest BCUT2D eigenvalue weighted by Crippen LogP contribution is 2.34. The van der Waals surface area contributed by atoms with E-state index in [4.69, 9.17) is 0 Å². The molecule has 0 bridgehead atoms. The van der Waals surface area contributed by atoms with Gasteiger partial charge in [0.1, 0.15) is 5.69 Å². The first-order valence-corrected chi connectivity index (χ1v) is 10.9. The average Bonchev–Trinajstić information content (AvgIpc) is 3.51. The summed E-state index contributed by atoms with van der Waals surface area (Å²) < 4.78 is 1.77. The third-order valence-electron chi connectivity index (χ3n) is 5.69. The lowest BCUT2D eigenvalue weighted by Gasteiger charge is -2.11. The van der Waals surface area contributed by atoms with Gasteiger partial charge >= 0.3 is 0 Å². The van der Waals surface area contributed by atoms with Crippen molar-refractivity contribution in [2.24, 2.45) is 5.92 Å². The standard InChI is InChI=1S/C25H26N6O/c1-4-31-24(13-17(30-31)10-15(2)3)25(32)28-22-11-16(12-23-20(22)14-27-29-23)18-6-5-7-21-19(18)8-9-26-21/h5-9,11-15,26H,4,10H2,1-3H3,(H,27,29)(H,28,32). The monoisotopic (exact) mass is 426 g/mol. The summed E-state index contributed by atoms with van der Waals surface area (Å²) in [6, 6.07) is 14.2. The molecule has 3 N–H and O–H groups in total. The van der Waals surface area contributed by atoms with Crippen molar-refractivity contribution in [2.45, 2.75) is 33.7 Å². The lowest BCUT2D eigenvalue weighted by atomic mass is 9.99. The molecule has 5 rings (SSSR count). The number of amides is 1. The number of H-pyrrole nitrogens is 2. The summed E-state index contributed by atoms with van der Waals surface area (Å²) in [5, 5.41) is 17.0. The van der Waals surface area contributed by atoms with Crippen LogP contribution in [-0.4, -0.2) is 30.9 Å². The third-order valence-corrected chi connectivity index (χ3v) is 5.69. The summed E-state index contributed by atoms with van der Waals surface area (Å²) in [7, 11) is 0. The number of carbonyl (C=O) groups is 1. The van der Waals surface area contributed by atoms with Crippen molar-refractivity contribution < 1.29 is 4.79 Å². The van der Waals surface area contributed by atoms with E-state index in [1.807, 2.05) is 31.3 Å². The molecule has 3 heterocycles. The molecule has 5 aromatic rings. The number of aromatic amines is 2. The molecule has 0 saturated heterocycles. The van der Waals surface area contributed by atoms with E-state index in [1.165, 1.54) is 0 Å². The van der Waals surface area contributed by atoms with Gasteiger partial charge in [-0.2, -0.15) is 10.2 Å². The van der Waals surface area contributed by atoms with Gasteiger partial charge in [0.25, 0.3) is 5.91 Å². The molecule has 3 aromatic heterocycles. The molecule has 7 nitrogen and oxygen atoms in total. The van der Waals surface area contributed by atoms with Crippen LogP contribution in [0.5, 0.6) is 0 Å². The number of aromatic nitrogens is 5. The van der Waals surface area contributed by atoms with Crippen molar-refractivity contribution >= 4 is 33.4 Å². The topological polar surface area (TPSA) is 91.4 Å². The molecule has 0 aliphatic carbocycles. The van der Waals surface area contributed by atoms with Crippen molar-refractivity contribution in [2.75, 3.05) is 5.32 Å². The van der Waals surface area contributed by atoms with Gasteiger partial charge in [0.2, 0.25) is 0 Å². The van der Waals surface area contributed by atoms with Crippen molar-refractivity contribution in [1.29, 1.82) is 0 Å². The van der Waals surface area contributed by atoms with Gasteiger partial charge < -0.3 is 10.3 Å². The summed E-state index contributed by atoms with van der Waals surface area (Å²) >= 11 is 0. The molecule has 1 amide bonds. The lowest BCUT2D eigenvalue weighted by molar-refractivity contribution is 0.101. The van der Waals surface area contributed by atoms with Crippen molar-refractivity contribution in [1.82, 2.24) is 25.0 Å². The van der Waals surface area contributed by atoms with Crippen LogP contribution in [0.15, 0.2) is 54.9 Å². The Bertz CT molecular complexity index is 1420. The maximum atomic E-state index is 13.3. The second kappa shape index (κ2) is 8.00. The lowest BCUT2D eigenvalue weighted by Crippen LogP contribution is -2.17. The Hall–Kier alpha value is -3.87. The van der Waals surface area contributed by atoms with Crippen LogP contribution in [0.3, 0.4) is 0 Å². The fraction of sp³-hybridized carbons (Fsp3) is 0.240. The predicted octanol–water partition coefficient (Wildman–Crippen LogP) is 5.38. The van der Waals surface area contributed by atoms with E-state index in [2.05, 4.69) is 63.7 Å². The number of nitrogens with zero attached hydrogens (tertiary/aromatic N) is 3. The molecule has 0 unspecified atom stereocenters. The van der Waals surface area contributed by atoms with Gasteiger partial charge in [0.05, 0.1) is 23.1 Å². The van der Waals surface area contributed by atoms with Crippen LogP contribution in [0, 0.1) is 5.92 Å². The molecule has 0 aliphatic heterocycles. The molecule has 0 radical (unpaired) electrons. The first kappa shape index (κ1) is 20.1. The highest BCUT2D eigenvalue weighted by molar-refractivity contribution is 6.09. The van der Waals surface area contributed by atoms with E-state index in [0.717, 1.165) is 50.7 Å². The molecular weight excluding hydrogens is 400 g/mol. The van der Waals surface area contributed by atoms with E-state index in [0.29, 0.717) is 18.2 Å². The Kier molecular flexibility index (Phi) is 5.01. The molecule has 2 aromatic carbocycles. The van der Waals surface area contributed by atoms with Gasteiger partial charge in [-0.25, -0.2) is 0 Å². The van der Waals surface area contributed by atoms with Crippen LogP contribution in [0.25, 0.3) is 32.9 Å². The predicted molar refractivity (Wildman–Crippen MR) is 128 cm³/mol. The summed E-state index contributed by atoms with van der Waals surface area (Å²) in [5.41, 5.74) is 6.27. The number of fused-ring (bicyclic) bond motifs is 2. The minimum Gasteiger partial charge on any atom is -0.361 e. The summed E-state index contributed by atoms with van der Waals surface area (Å²) in [6.45, 7) is 6.93. The summed E-state index contributed by atoms with van der Waals surface area (Å²) in [5.74, 6) is 0.304. The number of nitrogens with one attached hydrogen (secondary N) is 3.